The van der Waals surface area contributed by atoms with Gasteiger partial charge in [-0.15, -0.1) is 0 Å². The van der Waals surface area contributed by atoms with Crippen LogP contribution in [-0.2, 0) is 20.2 Å². The van der Waals surface area contributed by atoms with Crippen LogP contribution in [0.15, 0.2) is 44.5 Å². The molecule has 2 rings (SSSR count). The molecule has 0 saturated heterocycles. The van der Waals surface area contributed by atoms with Crippen molar-refractivity contribution >= 4 is 26.1 Å². The standard InChI is InChI=1S/C10H7NO9S2/c12-11(13)10-4-3-8(20-10)7-2-1-6(21(14,15)16)5-9(7)22(17,18)19/h1-5H,(H,14,15,16)(H,17,18,19). The smallest absolute Gasteiger partial charge is 0.401 e. The van der Waals surface area contributed by atoms with Crippen LogP contribution in [0.1, 0.15) is 0 Å². The summed E-state index contributed by atoms with van der Waals surface area (Å²) in [5.41, 5.74) is -0.303. The van der Waals surface area contributed by atoms with Crippen LogP contribution in [0.2, 0.25) is 0 Å². The van der Waals surface area contributed by atoms with Crippen LogP contribution in [-0.4, -0.2) is 30.9 Å². The van der Waals surface area contributed by atoms with E-state index in [2.05, 4.69) is 0 Å². The van der Waals surface area contributed by atoms with E-state index < -0.39 is 40.8 Å². The van der Waals surface area contributed by atoms with E-state index in [0.29, 0.717) is 6.07 Å². The Balaban J connectivity index is 2.73. The van der Waals surface area contributed by atoms with Crippen molar-refractivity contribution in [1.82, 2.24) is 0 Å². The van der Waals surface area contributed by atoms with Crippen LogP contribution in [0.4, 0.5) is 5.88 Å². The van der Waals surface area contributed by atoms with Gasteiger partial charge in [0.05, 0.1) is 11.0 Å². The molecule has 0 unspecified atom stereocenters. The Kier molecular flexibility index (Phi) is 3.78. The first-order valence-electron chi connectivity index (χ1n) is 5.34. The summed E-state index contributed by atoms with van der Waals surface area (Å²) < 4.78 is 67.6. The molecule has 0 aliphatic rings. The van der Waals surface area contributed by atoms with Crippen LogP contribution < -0.4 is 0 Å². The Morgan fingerprint density at radius 2 is 1.64 bits per heavy atom. The zero-order valence-corrected chi connectivity index (χ0v) is 12.0. The molecule has 0 fully saturated rings. The first-order valence-corrected chi connectivity index (χ1v) is 8.22. The number of benzene rings is 1. The van der Waals surface area contributed by atoms with Gasteiger partial charge in [0.2, 0.25) is 0 Å². The lowest BCUT2D eigenvalue weighted by Crippen LogP contribution is -2.05. The molecule has 12 heteroatoms. The third-order valence-corrected chi connectivity index (χ3v) is 4.31. The molecule has 2 N–H and O–H groups in total. The Morgan fingerprint density at radius 1 is 1.00 bits per heavy atom. The highest BCUT2D eigenvalue weighted by Crippen LogP contribution is 2.32. The lowest BCUT2D eigenvalue weighted by atomic mass is 10.2. The summed E-state index contributed by atoms with van der Waals surface area (Å²) in [5.74, 6) is -0.948. The molecule has 0 spiro atoms. The molecule has 1 aromatic carbocycles. The summed E-state index contributed by atoms with van der Waals surface area (Å²) >= 11 is 0. The number of hydrogen-bond donors (Lipinski definition) is 2. The normalized spacial score (nSPS) is 12.3. The van der Waals surface area contributed by atoms with Gasteiger partial charge in [-0.2, -0.15) is 16.8 Å². The highest BCUT2D eigenvalue weighted by atomic mass is 32.2. The minimum absolute atomic E-state index is 0.277. The third-order valence-electron chi connectivity index (χ3n) is 2.57. The topological polar surface area (TPSA) is 165 Å². The van der Waals surface area contributed by atoms with Crippen molar-refractivity contribution in [2.45, 2.75) is 9.79 Å². The maximum absolute atomic E-state index is 11.4. The summed E-state index contributed by atoms with van der Waals surface area (Å²) in [5, 5.41) is 10.5. The fourth-order valence-corrected chi connectivity index (χ4v) is 2.95. The Morgan fingerprint density at radius 3 is 2.09 bits per heavy atom. The number of nitrogens with zero attached hydrogens (tertiary/aromatic N) is 1. The van der Waals surface area contributed by atoms with E-state index in [4.69, 9.17) is 13.5 Å². The molecule has 22 heavy (non-hydrogen) atoms. The minimum atomic E-state index is -4.88. The van der Waals surface area contributed by atoms with Crippen molar-refractivity contribution in [1.29, 1.82) is 0 Å². The first kappa shape index (κ1) is 16.1. The molecular formula is C10H7NO9S2. The van der Waals surface area contributed by atoms with Crippen molar-refractivity contribution in [3.63, 3.8) is 0 Å². The number of hydrogen-bond acceptors (Lipinski definition) is 7. The fourth-order valence-electron chi connectivity index (χ4n) is 1.65. The van der Waals surface area contributed by atoms with Crippen molar-refractivity contribution < 1.29 is 35.3 Å². The zero-order chi connectivity index (χ0) is 16.7. The molecule has 0 bridgehead atoms. The van der Waals surface area contributed by atoms with Gasteiger partial charge in [0.15, 0.2) is 0 Å². The van der Waals surface area contributed by atoms with Gasteiger partial charge < -0.3 is 4.42 Å². The van der Waals surface area contributed by atoms with E-state index >= 15 is 0 Å². The molecule has 2 aromatic rings. The average Bonchev–Trinajstić information content (AvgIpc) is 2.85. The third kappa shape index (κ3) is 3.14. The second-order valence-corrected chi connectivity index (χ2v) is 6.81. The Hall–Kier alpha value is -2.28. The molecule has 0 aliphatic heterocycles. The summed E-state index contributed by atoms with van der Waals surface area (Å²) in [7, 11) is -9.59. The van der Waals surface area contributed by atoms with Gasteiger partial charge in [-0.05, 0) is 24.3 Å². The van der Waals surface area contributed by atoms with Crippen molar-refractivity contribution in [3.8, 4) is 11.3 Å². The predicted octanol–water partition coefficient (Wildman–Crippen LogP) is 1.35. The van der Waals surface area contributed by atoms with Gasteiger partial charge in [-0.25, -0.2) is 0 Å². The highest BCUT2D eigenvalue weighted by molar-refractivity contribution is 7.86. The Bertz CT molecular complexity index is 956. The highest BCUT2D eigenvalue weighted by Gasteiger charge is 2.24. The summed E-state index contributed by atoms with van der Waals surface area (Å²) in [6.45, 7) is 0. The summed E-state index contributed by atoms with van der Waals surface area (Å²) in [6.07, 6.45) is 0. The lowest BCUT2D eigenvalue weighted by Gasteiger charge is -2.06. The van der Waals surface area contributed by atoms with Crippen LogP contribution in [0.25, 0.3) is 11.3 Å². The number of furan rings is 1. The second-order valence-electron chi connectivity index (χ2n) is 4.00. The maximum atomic E-state index is 11.4. The molecule has 1 aromatic heterocycles. The molecule has 0 atom stereocenters. The van der Waals surface area contributed by atoms with Crippen molar-refractivity contribution in [3.05, 3.63) is 40.4 Å². The molecule has 1 heterocycles. The summed E-state index contributed by atoms with van der Waals surface area (Å²) in [4.78, 5) is 8.03. The molecule has 10 nitrogen and oxygen atoms in total. The van der Waals surface area contributed by atoms with Gasteiger partial charge in [0, 0.05) is 5.56 Å². The van der Waals surface area contributed by atoms with E-state index in [1.165, 1.54) is 0 Å². The minimum Gasteiger partial charge on any atom is -0.401 e. The number of nitro groups is 1. The van der Waals surface area contributed by atoms with Gasteiger partial charge in [-0.1, -0.05) is 0 Å². The van der Waals surface area contributed by atoms with E-state index in [-0.39, 0.29) is 11.3 Å². The lowest BCUT2D eigenvalue weighted by molar-refractivity contribution is -0.401. The molecule has 0 amide bonds. The van der Waals surface area contributed by atoms with Crippen LogP contribution in [0.5, 0.6) is 0 Å². The molecule has 0 saturated carbocycles. The van der Waals surface area contributed by atoms with Crippen molar-refractivity contribution in [2.24, 2.45) is 0 Å². The SMILES string of the molecule is O=[N+]([O-])c1ccc(-c2ccc(S(=O)(=O)O)cc2S(=O)(=O)O)o1. The second kappa shape index (κ2) is 5.17. The van der Waals surface area contributed by atoms with E-state index in [0.717, 1.165) is 24.3 Å². The predicted molar refractivity (Wildman–Crippen MR) is 70.4 cm³/mol. The van der Waals surface area contributed by atoms with Gasteiger partial charge in [0.25, 0.3) is 20.2 Å². The largest absolute Gasteiger partial charge is 0.433 e. The maximum Gasteiger partial charge on any atom is 0.433 e. The van der Waals surface area contributed by atoms with Crippen LogP contribution in [0, 0.1) is 10.1 Å². The first-order chi connectivity index (χ1) is 10.00. The van der Waals surface area contributed by atoms with Crippen LogP contribution >= 0.6 is 0 Å². The van der Waals surface area contributed by atoms with Crippen LogP contribution in [0.3, 0.4) is 0 Å². The average molecular weight is 349 g/mol. The zero-order valence-electron chi connectivity index (χ0n) is 10.4. The monoisotopic (exact) mass is 349 g/mol. The summed E-state index contributed by atoms with van der Waals surface area (Å²) in [6, 6.07) is 4.33. The van der Waals surface area contributed by atoms with Gasteiger partial charge in [-0.3, -0.25) is 19.2 Å². The number of rotatable bonds is 4. The van der Waals surface area contributed by atoms with E-state index in [1.54, 1.807) is 0 Å². The fraction of sp³-hybridized carbons (Fsp3) is 0. The Labute approximate surface area is 123 Å². The molecule has 0 aliphatic carbocycles. The van der Waals surface area contributed by atoms with Gasteiger partial charge in [0.1, 0.15) is 15.6 Å². The van der Waals surface area contributed by atoms with Gasteiger partial charge >= 0.3 is 5.88 Å². The quantitative estimate of drug-likeness (QED) is 0.470. The van der Waals surface area contributed by atoms with E-state index in [9.17, 15) is 26.9 Å². The molecule has 0 radical (unpaired) electrons. The van der Waals surface area contributed by atoms with E-state index in [1.807, 2.05) is 0 Å². The molecular weight excluding hydrogens is 342 g/mol. The molecule has 118 valence electrons. The van der Waals surface area contributed by atoms with Crippen molar-refractivity contribution in [2.75, 3.05) is 0 Å².